The molecular weight excluding hydrogens is 431 g/mol. The summed E-state index contributed by atoms with van der Waals surface area (Å²) in [6, 6.07) is 0. The van der Waals surface area contributed by atoms with Crippen molar-refractivity contribution in [3.05, 3.63) is 58.8 Å². The number of halogens is 1. The van der Waals surface area contributed by atoms with E-state index in [9.17, 15) is 5.11 Å². The summed E-state index contributed by atoms with van der Waals surface area (Å²) >= 11 is 2.16. The molecule has 1 N–H and O–H groups in total. The zero-order valence-electron chi connectivity index (χ0n) is 15.3. The monoisotopic (exact) mass is 462 g/mol. The minimum absolute atomic E-state index is 0.0725. The number of ether oxygens (including phenoxy) is 3. The Balaban J connectivity index is 4.13. The van der Waals surface area contributed by atoms with E-state index >= 15 is 0 Å². The van der Waals surface area contributed by atoms with Gasteiger partial charge in [0.1, 0.15) is 13.2 Å². The van der Waals surface area contributed by atoms with Gasteiger partial charge in [0.05, 0.1) is 13.2 Å². The fourth-order valence-corrected chi connectivity index (χ4v) is 1.92. The number of allylic oxidation sites excluding steroid dienone is 7. The van der Waals surface area contributed by atoms with Crippen LogP contribution < -0.4 is 0 Å². The average molecular weight is 462 g/mol. The van der Waals surface area contributed by atoms with E-state index in [0.29, 0.717) is 19.8 Å². The van der Waals surface area contributed by atoms with Crippen LogP contribution in [0.4, 0.5) is 0 Å². The maximum Gasteiger partial charge on any atom is 0.213 e. The molecule has 0 aromatic carbocycles. The summed E-state index contributed by atoms with van der Waals surface area (Å²) < 4.78 is 18.5. The zero-order valence-corrected chi connectivity index (χ0v) is 17.4. The second kappa shape index (κ2) is 18.1. The molecule has 0 amide bonds. The van der Waals surface area contributed by atoms with Crippen LogP contribution in [0.15, 0.2) is 58.8 Å². The summed E-state index contributed by atoms with van der Waals surface area (Å²) in [7, 11) is 0. The Morgan fingerprint density at radius 2 is 1.64 bits per heavy atom. The van der Waals surface area contributed by atoms with Crippen LogP contribution in [0.2, 0.25) is 0 Å². The van der Waals surface area contributed by atoms with Crippen molar-refractivity contribution < 1.29 is 19.3 Å². The Morgan fingerprint density at radius 1 is 0.920 bits per heavy atom. The van der Waals surface area contributed by atoms with Crippen molar-refractivity contribution >= 4 is 22.6 Å². The molecule has 0 aliphatic carbocycles. The van der Waals surface area contributed by atoms with E-state index in [4.69, 9.17) is 14.2 Å². The van der Waals surface area contributed by atoms with Gasteiger partial charge in [-0.3, -0.25) is 0 Å². The summed E-state index contributed by atoms with van der Waals surface area (Å²) in [5.74, 6) is -1.41. The molecule has 0 saturated carbocycles. The van der Waals surface area contributed by atoms with Crippen LogP contribution in [-0.4, -0.2) is 43.9 Å². The molecule has 0 aliphatic heterocycles. The Labute approximate surface area is 166 Å². The van der Waals surface area contributed by atoms with Gasteiger partial charge < -0.3 is 19.3 Å². The first-order valence-electron chi connectivity index (χ1n) is 8.56. The molecule has 0 rings (SSSR count). The minimum atomic E-state index is -1.41. The lowest BCUT2D eigenvalue weighted by atomic mass is 10.3. The SMILES string of the molecule is C/C=C\C=C/CCOCC(O)(COC/C=C/C=C\C=C/I)OCCC. The molecule has 0 aliphatic rings. The highest BCUT2D eigenvalue weighted by molar-refractivity contribution is 14.1. The molecule has 0 aromatic rings. The Kier molecular flexibility index (Phi) is 17.5. The smallest absolute Gasteiger partial charge is 0.213 e. The van der Waals surface area contributed by atoms with Gasteiger partial charge in [-0.15, -0.1) is 0 Å². The summed E-state index contributed by atoms with van der Waals surface area (Å²) in [6.45, 7) is 5.53. The molecule has 0 heterocycles. The third-order valence-corrected chi connectivity index (χ3v) is 3.27. The molecule has 1 unspecified atom stereocenters. The van der Waals surface area contributed by atoms with Crippen molar-refractivity contribution in [2.45, 2.75) is 32.5 Å². The van der Waals surface area contributed by atoms with Crippen LogP contribution in [0, 0.1) is 0 Å². The van der Waals surface area contributed by atoms with Gasteiger partial charge in [-0.05, 0) is 23.8 Å². The molecule has 4 nitrogen and oxygen atoms in total. The normalized spacial score (nSPS) is 15.5. The van der Waals surface area contributed by atoms with Gasteiger partial charge in [-0.25, -0.2) is 0 Å². The standard InChI is InChI=1S/C20H31IO4/c1-3-5-6-9-12-16-23-18-20(22,25-15-4-2)19-24-17-13-10-7-8-11-14-21/h3,5-11,13-14,22H,4,12,15-19H2,1-2H3/b5-3-,8-7-,9-6-,13-10+,14-11-. The van der Waals surface area contributed by atoms with Gasteiger partial charge in [-0.1, -0.05) is 84.2 Å². The fourth-order valence-electron chi connectivity index (χ4n) is 1.68. The molecule has 0 bridgehead atoms. The van der Waals surface area contributed by atoms with Gasteiger partial charge >= 0.3 is 0 Å². The summed E-state index contributed by atoms with van der Waals surface area (Å²) in [4.78, 5) is 0. The summed E-state index contributed by atoms with van der Waals surface area (Å²) in [6.07, 6.45) is 19.1. The molecule has 25 heavy (non-hydrogen) atoms. The van der Waals surface area contributed by atoms with E-state index in [1.165, 1.54) is 0 Å². The maximum atomic E-state index is 10.5. The van der Waals surface area contributed by atoms with E-state index < -0.39 is 5.79 Å². The largest absolute Gasteiger partial charge is 0.375 e. The van der Waals surface area contributed by atoms with Crippen molar-refractivity contribution in [3.8, 4) is 0 Å². The first-order chi connectivity index (χ1) is 12.2. The number of aliphatic hydroxyl groups is 1. The Bertz CT molecular complexity index is 441. The van der Waals surface area contributed by atoms with Gasteiger partial charge in [0.2, 0.25) is 5.79 Å². The Hall–Kier alpha value is -0.730. The summed E-state index contributed by atoms with van der Waals surface area (Å²) in [5, 5.41) is 10.5. The van der Waals surface area contributed by atoms with Crippen LogP contribution in [0.3, 0.4) is 0 Å². The quantitative estimate of drug-likeness (QED) is 0.166. The van der Waals surface area contributed by atoms with Crippen molar-refractivity contribution in [1.29, 1.82) is 0 Å². The van der Waals surface area contributed by atoms with Gasteiger partial charge in [0.15, 0.2) is 0 Å². The first kappa shape index (κ1) is 24.3. The lowest BCUT2D eigenvalue weighted by molar-refractivity contribution is -0.255. The third-order valence-electron chi connectivity index (χ3n) is 2.85. The van der Waals surface area contributed by atoms with Gasteiger partial charge in [0.25, 0.3) is 0 Å². The topological polar surface area (TPSA) is 47.9 Å². The molecular formula is C20H31IO4. The first-order valence-corrected chi connectivity index (χ1v) is 9.81. The van der Waals surface area contributed by atoms with Crippen LogP contribution in [0.1, 0.15) is 26.7 Å². The van der Waals surface area contributed by atoms with Crippen LogP contribution in [0.25, 0.3) is 0 Å². The third kappa shape index (κ3) is 16.5. The average Bonchev–Trinajstić information content (AvgIpc) is 2.61. The van der Waals surface area contributed by atoms with E-state index in [1.54, 1.807) is 0 Å². The van der Waals surface area contributed by atoms with Crippen molar-refractivity contribution in [2.24, 2.45) is 0 Å². The second-order valence-electron chi connectivity index (χ2n) is 5.24. The molecule has 0 spiro atoms. The zero-order chi connectivity index (χ0) is 18.6. The van der Waals surface area contributed by atoms with Crippen molar-refractivity contribution in [1.82, 2.24) is 0 Å². The van der Waals surface area contributed by atoms with Crippen molar-refractivity contribution in [2.75, 3.05) is 33.0 Å². The molecule has 1 atom stereocenters. The fraction of sp³-hybridized carbons (Fsp3) is 0.500. The molecule has 0 radical (unpaired) electrons. The highest BCUT2D eigenvalue weighted by Gasteiger charge is 2.28. The van der Waals surface area contributed by atoms with Gasteiger partial charge in [-0.2, -0.15) is 0 Å². The lowest BCUT2D eigenvalue weighted by Gasteiger charge is -2.27. The molecule has 0 aromatic heterocycles. The molecule has 0 fully saturated rings. The van der Waals surface area contributed by atoms with E-state index in [-0.39, 0.29) is 13.2 Å². The van der Waals surface area contributed by atoms with Crippen LogP contribution in [-0.2, 0) is 14.2 Å². The Morgan fingerprint density at radius 3 is 2.36 bits per heavy atom. The van der Waals surface area contributed by atoms with E-state index in [2.05, 4.69) is 22.6 Å². The van der Waals surface area contributed by atoms with E-state index in [1.807, 2.05) is 72.6 Å². The van der Waals surface area contributed by atoms with Crippen molar-refractivity contribution in [3.63, 3.8) is 0 Å². The second-order valence-corrected chi connectivity index (χ2v) is 5.96. The van der Waals surface area contributed by atoms with Crippen LogP contribution >= 0.6 is 22.6 Å². The lowest BCUT2D eigenvalue weighted by Crippen LogP contribution is -2.43. The van der Waals surface area contributed by atoms with Gasteiger partial charge in [0, 0.05) is 6.61 Å². The van der Waals surface area contributed by atoms with E-state index in [0.717, 1.165) is 12.8 Å². The summed E-state index contributed by atoms with van der Waals surface area (Å²) in [5.41, 5.74) is 0. The predicted octanol–water partition coefficient (Wildman–Crippen LogP) is 4.72. The highest BCUT2D eigenvalue weighted by Crippen LogP contribution is 2.10. The number of rotatable bonds is 15. The maximum absolute atomic E-state index is 10.5. The molecule has 5 heteroatoms. The molecule has 142 valence electrons. The minimum Gasteiger partial charge on any atom is -0.375 e. The van der Waals surface area contributed by atoms with Crippen LogP contribution in [0.5, 0.6) is 0 Å². The highest BCUT2D eigenvalue weighted by atomic mass is 127. The predicted molar refractivity (Wildman–Crippen MR) is 113 cm³/mol. The number of hydrogen-bond acceptors (Lipinski definition) is 4. The molecule has 0 saturated heterocycles. The number of hydrogen-bond donors (Lipinski definition) is 1.